The number of hydrogen-bond acceptors (Lipinski definition) is 3. The van der Waals surface area contributed by atoms with Crippen LogP contribution in [0.15, 0.2) is 29.3 Å². The Kier molecular flexibility index (Phi) is 5.49. The van der Waals surface area contributed by atoms with Crippen molar-refractivity contribution < 1.29 is 4.74 Å². The van der Waals surface area contributed by atoms with Gasteiger partial charge in [0.05, 0.1) is 6.54 Å². The molecule has 0 unspecified atom stereocenters. The monoisotopic (exact) mass is 333 g/mol. The lowest BCUT2D eigenvalue weighted by atomic mass is 9.72. The fourth-order valence-electron chi connectivity index (χ4n) is 3.57. The Balaban J connectivity index is 1.81. The first-order valence-corrected chi connectivity index (χ1v) is 9.63. The van der Waals surface area contributed by atoms with Gasteiger partial charge in [0.15, 0.2) is 5.96 Å². The number of rotatable bonds is 3. The Morgan fingerprint density at radius 2 is 1.96 bits per heavy atom. The van der Waals surface area contributed by atoms with Crippen LogP contribution in [0.5, 0.6) is 0 Å². The second-order valence-electron chi connectivity index (χ2n) is 6.48. The highest BCUT2D eigenvalue weighted by Gasteiger charge is 2.35. The number of hydrogen-bond donors (Lipinski definition) is 1. The van der Waals surface area contributed by atoms with Crippen LogP contribution in [0.3, 0.4) is 0 Å². The lowest BCUT2D eigenvalue weighted by molar-refractivity contribution is 0.0528. The second kappa shape index (κ2) is 7.58. The van der Waals surface area contributed by atoms with Crippen molar-refractivity contribution in [1.29, 1.82) is 0 Å². The zero-order valence-electron chi connectivity index (χ0n) is 14.0. The van der Waals surface area contributed by atoms with E-state index in [1.54, 1.807) is 0 Å². The van der Waals surface area contributed by atoms with Crippen LogP contribution < -0.4 is 5.73 Å². The number of ether oxygens (including phenoxy) is 1. The molecule has 0 bridgehead atoms. The third-order valence-corrected chi connectivity index (χ3v) is 5.99. The first kappa shape index (κ1) is 16.7. The molecule has 2 aliphatic heterocycles. The molecular formula is C18H27N3OS. The fraction of sp³-hybridized carbons (Fsp3) is 0.611. The molecule has 23 heavy (non-hydrogen) atoms. The second-order valence-corrected chi connectivity index (χ2v) is 7.71. The molecule has 0 amide bonds. The molecule has 0 saturated carbocycles. The fourth-order valence-corrected chi connectivity index (χ4v) is 4.47. The Labute approximate surface area is 143 Å². The van der Waals surface area contributed by atoms with Crippen LogP contribution in [0, 0.1) is 6.92 Å². The van der Waals surface area contributed by atoms with E-state index in [0.29, 0.717) is 5.96 Å². The molecule has 0 spiro atoms. The van der Waals surface area contributed by atoms with Crippen molar-refractivity contribution in [1.82, 2.24) is 4.90 Å². The van der Waals surface area contributed by atoms with Crippen molar-refractivity contribution in [3.63, 3.8) is 0 Å². The maximum Gasteiger partial charge on any atom is 0.191 e. The van der Waals surface area contributed by atoms with Gasteiger partial charge in [-0.05, 0) is 30.9 Å². The molecule has 2 heterocycles. The van der Waals surface area contributed by atoms with Gasteiger partial charge in [-0.1, -0.05) is 24.3 Å². The van der Waals surface area contributed by atoms with Crippen molar-refractivity contribution in [2.24, 2.45) is 10.7 Å². The third kappa shape index (κ3) is 3.83. The predicted octanol–water partition coefficient (Wildman–Crippen LogP) is 2.41. The van der Waals surface area contributed by atoms with Crippen LogP contribution in [0.25, 0.3) is 0 Å². The molecule has 3 rings (SSSR count). The summed E-state index contributed by atoms with van der Waals surface area (Å²) < 4.78 is 5.62. The Bertz CT molecular complexity index is 549. The molecule has 0 atom stereocenters. The van der Waals surface area contributed by atoms with Gasteiger partial charge in [-0.15, -0.1) is 0 Å². The van der Waals surface area contributed by atoms with E-state index in [1.807, 2.05) is 11.8 Å². The summed E-state index contributed by atoms with van der Waals surface area (Å²) in [6.07, 6.45) is 2.04. The van der Waals surface area contributed by atoms with Crippen molar-refractivity contribution in [2.75, 3.05) is 44.4 Å². The average Bonchev–Trinajstić information content (AvgIpc) is 2.61. The molecule has 4 nitrogen and oxygen atoms in total. The molecule has 5 heteroatoms. The molecule has 0 radical (unpaired) electrons. The Morgan fingerprint density at radius 3 is 2.65 bits per heavy atom. The zero-order valence-corrected chi connectivity index (χ0v) is 14.8. The summed E-state index contributed by atoms with van der Waals surface area (Å²) in [6.45, 7) is 6.60. The van der Waals surface area contributed by atoms with Gasteiger partial charge in [0.25, 0.3) is 0 Å². The summed E-state index contributed by atoms with van der Waals surface area (Å²) in [6, 6.07) is 8.69. The van der Waals surface area contributed by atoms with Gasteiger partial charge < -0.3 is 15.4 Å². The molecule has 2 N–H and O–H groups in total. The minimum Gasteiger partial charge on any atom is -0.381 e. The highest BCUT2D eigenvalue weighted by Crippen LogP contribution is 2.37. The van der Waals surface area contributed by atoms with E-state index in [4.69, 9.17) is 15.5 Å². The zero-order chi connectivity index (χ0) is 16.1. The molecule has 1 aromatic rings. The van der Waals surface area contributed by atoms with E-state index < -0.39 is 0 Å². The van der Waals surface area contributed by atoms with Gasteiger partial charge in [0.1, 0.15) is 0 Å². The number of guanidine groups is 1. The lowest BCUT2D eigenvalue weighted by Gasteiger charge is -2.38. The summed E-state index contributed by atoms with van der Waals surface area (Å²) in [5.41, 5.74) is 9.10. The summed E-state index contributed by atoms with van der Waals surface area (Å²) in [5.74, 6) is 3.00. The van der Waals surface area contributed by atoms with Crippen LogP contribution in [0.1, 0.15) is 24.0 Å². The quantitative estimate of drug-likeness (QED) is 0.682. The topological polar surface area (TPSA) is 50.8 Å². The molecule has 2 saturated heterocycles. The minimum absolute atomic E-state index is 0.0682. The van der Waals surface area contributed by atoms with Gasteiger partial charge in [-0.25, -0.2) is 0 Å². The van der Waals surface area contributed by atoms with Gasteiger partial charge in [-0.3, -0.25) is 4.99 Å². The molecule has 2 fully saturated rings. The highest BCUT2D eigenvalue weighted by atomic mass is 32.2. The number of aryl methyl sites for hydroxylation is 1. The predicted molar refractivity (Wildman–Crippen MR) is 98.3 cm³/mol. The standard InChI is InChI=1S/C18H27N3OS/c1-15-4-2-3-5-16(15)18(6-10-22-11-7-18)14-20-17(19)21-8-12-23-13-9-21/h2-5H,6-14H2,1H3,(H2,19,20). The summed E-state index contributed by atoms with van der Waals surface area (Å²) in [7, 11) is 0. The van der Waals surface area contributed by atoms with E-state index in [9.17, 15) is 0 Å². The van der Waals surface area contributed by atoms with Crippen molar-refractivity contribution in [2.45, 2.75) is 25.2 Å². The summed E-state index contributed by atoms with van der Waals surface area (Å²) in [4.78, 5) is 7.04. The number of aliphatic imine (C=N–C) groups is 1. The van der Waals surface area contributed by atoms with Crippen LogP contribution in [0.4, 0.5) is 0 Å². The number of nitrogens with two attached hydrogens (primary N) is 1. The molecule has 1 aromatic carbocycles. The number of nitrogens with zero attached hydrogens (tertiary/aromatic N) is 2. The Morgan fingerprint density at radius 1 is 1.26 bits per heavy atom. The van der Waals surface area contributed by atoms with Crippen molar-refractivity contribution in [3.05, 3.63) is 35.4 Å². The SMILES string of the molecule is Cc1ccccc1C1(CN=C(N)N2CCSCC2)CCOCC1. The smallest absolute Gasteiger partial charge is 0.191 e. The summed E-state index contributed by atoms with van der Waals surface area (Å²) >= 11 is 1.99. The normalized spacial score (nSPS) is 22.1. The van der Waals surface area contributed by atoms with E-state index in [-0.39, 0.29) is 5.41 Å². The molecule has 0 aliphatic carbocycles. The number of benzene rings is 1. The molecule has 2 aliphatic rings. The van der Waals surface area contributed by atoms with E-state index >= 15 is 0 Å². The molecular weight excluding hydrogens is 306 g/mol. The Hall–Kier alpha value is -1.20. The van der Waals surface area contributed by atoms with Crippen LogP contribution in [0.2, 0.25) is 0 Å². The average molecular weight is 334 g/mol. The van der Waals surface area contributed by atoms with Gasteiger partial charge >= 0.3 is 0 Å². The number of thioether (sulfide) groups is 1. The third-order valence-electron chi connectivity index (χ3n) is 5.05. The van der Waals surface area contributed by atoms with E-state index in [2.05, 4.69) is 36.1 Å². The van der Waals surface area contributed by atoms with Crippen LogP contribution in [-0.2, 0) is 10.2 Å². The molecule has 0 aromatic heterocycles. The van der Waals surface area contributed by atoms with Crippen LogP contribution >= 0.6 is 11.8 Å². The molecule has 126 valence electrons. The maximum atomic E-state index is 6.28. The van der Waals surface area contributed by atoms with E-state index in [1.165, 1.54) is 11.1 Å². The van der Waals surface area contributed by atoms with Gasteiger partial charge in [0, 0.05) is 43.2 Å². The first-order chi connectivity index (χ1) is 11.2. The van der Waals surface area contributed by atoms with Gasteiger partial charge in [0.2, 0.25) is 0 Å². The summed E-state index contributed by atoms with van der Waals surface area (Å²) in [5, 5.41) is 0. The lowest BCUT2D eigenvalue weighted by Crippen LogP contribution is -2.44. The van der Waals surface area contributed by atoms with Crippen molar-refractivity contribution >= 4 is 17.7 Å². The highest BCUT2D eigenvalue weighted by molar-refractivity contribution is 7.99. The van der Waals surface area contributed by atoms with E-state index in [0.717, 1.165) is 57.2 Å². The largest absolute Gasteiger partial charge is 0.381 e. The van der Waals surface area contributed by atoms with Crippen molar-refractivity contribution in [3.8, 4) is 0 Å². The van der Waals surface area contributed by atoms with Crippen LogP contribution in [-0.4, -0.2) is 55.2 Å². The first-order valence-electron chi connectivity index (χ1n) is 8.48. The minimum atomic E-state index is 0.0682. The van der Waals surface area contributed by atoms with Gasteiger partial charge in [-0.2, -0.15) is 11.8 Å². The maximum absolute atomic E-state index is 6.28.